The molecule has 1 fully saturated rings. The van der Waals surface area contributed by atoms with Crippen LogP contribution in [0, 0.1) is 11.8 Å². The highest BCUT2D eigenvalue weighted by Crippen LogP contribution is 2.33. The number of hydrogen-bond donors (Lipinski definition) is 1. The molecule has 0 aromatic heterocycles. The summed E-state index contributed by atoms with van der Waals surface area (Å²) in [5, 5.41) is 3.04. The number of carbonyl (C=O) groups is 2. The van der Waals surface area contributed by atoms with Crippen molar-refractivity contribution < 1.29 is 19.1 Å². The number of rotatable bonds is 3. The van der Waals surface area contributed by atoms with Gasteiger partial charge in [0.15, 0.2) is 11.5 Å². The second-order valence-electron chi connectivity index (χ2n) is 7.14. The van der Waals surface area contributed by atoms with Crippen LogP contribution < -0.4 is 14.8 Å². The SMILES string of the molecule is CC(C)[C@@H]1CN(C(=O)c2ccc3c(c2)OCO3)C[C@H]1NC(=O)N(C)C. The van der Waals surface area contributed by atoms with E-state index in [1.54, 1.807) is 32.3 Å². The monoisotopic (exact) mass is 347 g/mol. The Kier molecular flexibility index (Phi) is 4.74. The molecule has 3 amide bonds. The molecule has 1 aromatic rings. The summed E-state index contributed by atoms with van der Waals surface area (Å²) in [5.74, 6) is 1.80. The molecule has 2 aliphatic rings. The first-order chi connectivity index (χ1) is 11.9. The quantitative estimate of drug-likeness (QED) is 0.905. The average molecular weight is 347 g/mol. The fourth-order valence-electron chi connectivity index (χ4n) is 3.32. The lowest BCUT2D eigenvalue weighted by Crippen LogP contribution is -2.46. The molecule has 1 aromatic carbocycles. The molecule has 0 spiro atoms. The summed E-state index contributed by atoms with van der Waals surface area (Å²) in [6, 6.07) is 5.06. The molecule has 7 nitrogen and oxygen atoms in total. The van der Waals surface area contributed by atoms with Crippen LogP contribution in [-0.2, 0) is 0 Å². The topological polar surface area (TPSA) is 71.1 Å². The summed E-state index contributed by atoms with van der Waals surface area (Å²) in [4.78, 5) is 28.2. The van der Waals surface area contributed by atoms with E-state index >= 15 is 0 Å². The Hall–Kier alpha value is -2.44. The summed E-state index contributed by atoms with van der Waals surface area (Å²) in [6.07, 6.45) is 0. The molecular formula is C18H25N3O4. The van der Waals surface area contributed by atoms with Crippen molar-refractivity contribution in [2.75, 3.05) is 34.0 Å². The number of nitrogens with one attached hydrogen (secondary N) is 1. The van der Waals surface area contributed by atoms with Crippen molar-refractivity contribution in [3.05, 3.63) is 23.8 Å². The van der Waals surface area contributed by atoms with Crippen molar-refractivity contribution in [1.29, 1.82) is 0 Å². The van der Waals surface area contributed by atoms with Crippen LogP contribution in [0.25, 0.3) is 0 Å². The first kappa shape index (κ1) is 17.4. The van der Waals surface area contributed by atoms with Gasteiger partial charge in [-0.05, 0) is 24.1 Å². The molecule has 7 heteroatoms. The van der Waals surface area contributed by atoms with Gasteiger partial charge in [0.25, 0.3) is 5.91 Å². The zero-order chi connectivity index (χ0) is 18.1. The Bertz CT molecular complexity index is 674. The molecule has 136 valence electrons. The molecule has 0 aliphatic carbocycles. The highest BCUT2D eigenvalue weighted by Gasteiger charge is 2.38. The zero-order valence-corrected chi connectivity index (χ0v) is 15.1. The van der Waals surface area contributed by atoms with E-state index in [0.29, 0.717) is 36.1 Å². The van der Waals surface area contributed by atoms with E-state index in [1.165, 1.54) is 4.90 Å². The largest absolute Gasteiger partial charge is 0.454 e. The van der Waals surface area contributed by atoms with Crippen LogP contribution in [0.5, 0.6) is 11.5 Å². The number of amides is 3. The number of urea groups is 1. The lowest BCUT2D eigenvalue weighted by Gasteiger charge is -2.24. The number of carbonyl (C=O) groups excluding carboxylic acids is 2. The van der Waals surface area contributed by atoms with Gasteiger partial charge in [-0.3, -0.25) is 4.79 Å². The normalized spacial score (nSPS) is 21.6. The van der Waals surface area contributed by atoms with E-state index in [4.69, 9.17) is 9.47 Å². The minimum absolute atomic E-state index is 0.0483. The minimum Gasteiger partial charge on any atom is -0.454 e. The van der Waals surface area contributed by atoms with Gasteiger partial charge in [0, 0.05) is 38.7 Å². The minimum atomic E-state index is -0.131. The fourth-order valence-corrected chi connectivity index (χ4v) is 3.32. The van der Waals surface area contributed by atoms with Crippen LogP contribution in [0.2, 0.25) is 0 Å². The van der Waals surface area contributed by atoms with E-state index in [0.717, 1.165) is 0 Å². The number of fused-ring (bicyclic) bond motifs is 1. The number of benzene rings is 1. The molecule has 2 heterocycles. The predicted molar refractivity (Wildman–Crippen MR) is 92.8 cm³/mol. The highest BCUT2D eigenvalue weighted by atomic mass is 16.7. The predicted octanol–water partition coefficient (Wildman–Crippen LogP) is 1.78. The molecule has 0 unspecified atom stereocenters. The van der Waals surface area contributed by atoms with Crippen LogP contribution in [0.3, 0.4) is 0 Å². The summed E-state index contributed by atoms with van der Waals surface area (Å²) in [5.41, 5.74) is 0.575. The third kappa shape index (κ3) is 3.50. The molecule has 0 radical (unpaired) electrons. The van der Waals surface area contributed by atoms with Crippen LogP contribution in [0.4, 0.5) is 4.79 Å². The standard InChI is InChI=1S/C18H25N3O4/c1-11(2)13-8-21(9-14(13)19-18(23)20(3)4)17(22)12-5-6-15-16(7-12)25-10-24-15/h5-7,11,13-14H,8-10H2,1-4H3,(H,19,23)/t13-,14+/m0/s1. The Morgan fingerprint density at radius 2 is 1.92 bits per heavy atom. The number of ether oxygens (including phenoxy) is 2. The lowest BCUT2D eigenvalue weighted by atomic mass is 9.91. The van der Waals surface area contributed by atoms with E-state index in [9.17, 15) is 9.59 Å². The van der Waals surface area contributed by atoms with Gasteiger partial charge in [-0.2, -0.15) is 0 Å². The highest BCUT2D eigenvalue weighted by molar-refractivity contribution is 5.95. The fraction of sp³-hybridized carbons (Fsp3) is 0.556. The number of likely N-dealkylation sites (tertiary alicyclic amines) is 1. The summed E-state index contributed by atoms with van der Waals surface area (Å²) in [6.45, 7) is 5.56. The third-order valence-corrected chi connectivity index (χ3v) is 4.84. The van der Waals surface area contributed by atoms with E-state index < -0.39 is 0 Å². The molecule has 25 heavy (non-hydrogen) atoms. The maximum Gasteiger partial charge on any atom is 0.317 e. The van der Waals surface area contributed by atoms with Crippen LogP contribution in [-0.4, -0.2) is 61.8 Å². The molecule has 2 atom stereocenters. The number of nitrogens with zero attached hydrogens (tertiary/aromatic N) is 2. The molecule has 1 N–H and O–H groups in total. The maximum atomic E-state index is 12.9. The van der Waals surface area contributed by atoms with E-state index in [1.807, 2.05) is 4.90 Å². The Morgan fingerprint density at radius 1 is 1.20 bits per heavy atom. The van der Waals surface area contributed by atoms with Gasteiger partial charge < -0.3 is 24.6 Å². The lowest BCUT2D eigenvalue weighted by molar-refractivity contribution is 0.0782. The summed E-state index contributed by atoms with van der Waals surface area (Å²) >= 11 is 0. The first-order valence-electron chi connectivity index (χ1n) is 8.53. The van der Waals surface area contributed by atoms with Gasteiger partial charge in [0.2, 0.25) is 6.79 Å². The summed E-state index contributed by atoms with van der Waals surface area (Å²) in [7, 11) is 3.43. The second-order valence-corrected chi connectivity index (χ2v) is 7.14. The summed E-state index contributed by atoms with van der Waals surface area (Å²) < 4.78 is 10.6. The third-order valence-electron chi connectivity index (χ3n) is 4.84. The van der Waals surface area contributed by atoms with E-state index in [-0.39, 0.29) is 30.7 Å². The Balaban J connectivity index is 1.74. The van der Waals surface area contributed by atoms with Gasteiger partial charge in [-0.1, -0.05) is 13.8 Å². The van der Waals surface area contributed by atoms with Crippen LogP contribution in [0.1, 0.15) is 24.2 Å². The van der Waals surface area contributed by atoms with E-state index in [2.05, 4.69) is 19.2 Å². The number of hydrogen-bond acceptors (Lipinski definition) is 4. The van der Waals surface area contributed by atoms with Crippen LogP contribution >= 0.6 is 0 Å². The van der Waals surface area contributed by atoms with Gasteiger partial charge in [0.1, 0.15) is 0 Å². The first-order valence-corrected chi connectivity index (χ1v) is 8.53. The Labute approximate surface area is 147 Å². The second kappa shape index (κ2) is 6.82. The molecule has 1 saturated heterocycles. The molecular weight excluding hydrogens is 322 g/mol. The molecule has 0 saturated carbocycles. The van der Waals surface area contributed by atoms with Crippen molar-refractivity contribution in [1.82, 2.24) is 15.1 Å². The van der Waals surface area contributed by atoms with Crippen molar-refractivity contribution in [3.8, 4) is 11.5 Å². The van der Waals surface area contributed by atoms with Crippen molar-refractivity contribution in [2.24, 2.45) is 11.8 Å². The smallest absolute Gasteiger partial charge is 0.317 e. The van der Waals surface area contributed by atoms with Crippen LogP contribution in [0.15, 0.2) is 18.2 Å². The molecule has 2 aliphatic heterocycles. The van der Waals surface area contributed by atoms with Crippen molar-refractivity contribution in [2.45, 2.75) is 19.9 Å². The Morgan fingerprint density at radius 3 is 2.60 bits per heavy atom. The van der Waals surface area contributed by atoms with Crippen molar-refractivity contribution >= 4 is 11.9 Å². The van der Waals surface area contributed by atoms with Gasteiger partial charge in [0.05, 0.1) is 6.04 Å². The maximum absolute atomic E-state index is 12.9. The molecule has 3 rings (SSSR count). The van der Waals surface area contributed by atoms with Gasteiger partial charge >= 0.3 is 6.03 Å². The average Bonchev–Trinajstić information content (AvgIpc) is 3.19. The van der Waals surface area contributed by atoms with Gasteiger partial charge in [-0.25, -0.2) is 4.79 Å². The van der Waals surface area contributed by atoms with Crippen molar-refractivity contribution in [3.63, 3.8) is 0 Å². The molecule has 0 bridgehead atoms. The van der Waals surface area contributed by atoms with Gasteiger partial charge in [-0.15, -0.1) is 0 Å². The zero-order valence-electron chi connectivity index (χ0n) is 15.1.